The number of hydrogen-bond donors (Lipinski definition) is 2. The van der Waals surface area contributed by atoms with Crippen LogP contribution in [-0.2, 0) is 9.59 Å². The predicted molar refractivity (Wildman–Crippen MR) is 114 cm³/mol. The average molecular weight is 471 g/mol. The summed E-state index contributed by atoms with van der Waals surface area (Å²) < 4.78 is 41.7. The zero-order valence-electron chi connectivity index (χ0n) is 17.4. The average Bonchev–Trinajstić information content (AvgIpc) is 3.45. The second-order valence-electron chi connectivity index (χ2n) is 8.43. The van der Waals surface area contributed by atoms with E-state index in [1.165, 1.54) is 18.2 Å². The summed E-state index contributed by atoms with van der Waals surface area (Å²) in [7, 11) is 0. The van der Waals surface area contributed by atoms with Crippen LogP contribution >= 0.6 is 11.3 Å². The normalized spacial score (nSPS) is 20.6. The van der Waals surface area contributed by atoms with Crippen LogP contribution in [-0.4, -0.2) is 47.2 Å². The topological polar surface area (TPSA) is 97.6 Å². The van der Waals surface area contributed by atoms with Gasteiger partial charge in [0.25, 0.3) is 0 Å². The molecule has 3 N–H and O–H groups in total. The molecular formula is C21H25F3N4O3S. The van der Waals surface area contributed by atoms with Crippen LogP contribution in [0.15, 0.2) is 18.2 Å². The van der Waals surface area contributed by atoms with Crippen molar-refractivity contribution in [3.8, 4) is 5.75 Å². The lowest BCUT2D eigenvalue weighted by Gasteiger charge is -2.34. The van der Waals surface area contributed by atoms with Crippen molar-refractivity contribution in [3.63, 3.8) is 0 Å². The number of carbonyl (C=O) groups excluding carboxylic acids is 2. The number of ether oxygens (including phenoxy) is 1. The molecule has 0 bridgehead atoms. The number of halogens is 3. The number of nitrogens with one attached hydrogen (secondary N) is 1. The van der Waals surface area contributed by atoms with Crippen LogP contribution in [0.25, 0.3) is 10.2 Å². The maximum atomic E-state index is 13.2. The quantitative estimate of drug-likeness (QED) is 0.664. The number of fused-ring (bicyclic) bond motifs is 1. The molecule has 1 atom stereocenters. The summed E-state index contributed by atoms with van der Waals surface area (Å²) >= 11 is 1.07. The van der Waals surface area contributed by atoms with Crippen molar-refractivity contribution in [2.24, 2.45) is 11.1 Å². The fraction of sp³-hybridized carbons (Fsp3) is 0.571. The Balaban J connectivity index is 1.40. The van der Waals surface area contributed by atoms with Crippen LogP contribution in [0.3, 0.4) is 0 Å². The summed E-state index contributed by atoms with van der Waals surface area (Å²) in [6.45, 7) is 0.953. The van der Waals surface area contributed by atoms with Crippen LogP contribution in [0, 0.1) is 5.41 Å². The standard InChI is InChI=1S/C21H25F3N4O3S/c22-21(23,24)31-14-5-6-15-16(11-14)32-19(26-15)27-17(29)10-13-4-3-9-28(13)18(30)20(12-25)7-1-2-8-20/h5-6,11,13H,1-4,7-10,12,25H2,(H,26,27,29)/t13-/m1/s1. The fourth-order valence-corrected chi connectivity index (χ4v) is 5.63. The summed E-state index contributed by atoms with van der Waals surface area (Å²) in [5.74, 6) is -0.564. The number of rotatable bonds is 6. The minimum atomic E-state index is -4.78. The first-order valence-electron chi connectivity index (χ1n) is 10.7. The van der Waals surface area contributed by atoms with Crippen molar-refractivity contribution in [1.82, 2.24) is 9.88 Å². The van der Waals surface area contributed by atoms with Crippen LogP contribution in [0.2, 0.25) is 0 Å². The summed E-state index contributed by atoms with van der Waals surface area (Å²) in [5, 5.41) is 3.01. The van der Waals surface area contributed by atoms with E-state index in [-0.39, 0.29) is 30.0 Å². The molecule has 1 aliphatic heterocycles. The van der Waals surface area contributed by atoms with E-state index in [0.717, 1.165) is 49.9 Å². The number of anilines is 1. The van der Waals surface area contributed by atoms with E-state index in [1.807, 2.05) is 4.90 Å². The third kappa shape index (κ3) is 4.83. The van der Waals surface area contributed by atoms with Gasteiger partial charge in [-0.05, 0) is 37.8 Å². The highest BCUT2D eigenvalue weighted by atomic mass is 32.1. The summed E-state index contributed by atoms with van der Waals surface area (Å²) in [6.07, 6.45) is 0.536. The highest BCUT2D eigenvalue weighted by molar-refractivity contribution is 7.22. The predicted octanol–water partition coefficient (Wildman–Crippen LogP) is 4.03. The van der Waals surface area contributed by atoms with E-state index >= 15 is 0 Å². The number of nitrogens with zero attached hydrogens (tertiary/aromatic N) is 2. The number of benzene rings is 1. The lowest BCUT2D eigenvalue weighted by atomic mass is 9.84. The number of likely N-dealkylation sites (tertiary alicyclic amines) is 1. The monoisotopic (exact) mass is 470 g/mol. The van der Waals surface area contributed by atoms with Gasteiger partial charge in [0.1, 0.15) is 5.75 Å². The highest BCUT2D eigenvalue weighted by Gasteiger charge is 2.45. The van der Waals surface area contributed by atoms with E-state index < -0.39 is 11.8 Å². The maximum Gasteiger partial charge on any atom is 0.573 e. The molecule has 2 heterocycles. The van der Waals surface area contributed by atoms with Crippen LogP contribution in [0.1, 0.15) is 44.9 Å². The van der Waals surface area contributed by atoms with Gasteiger partial charge in [-0.2, -0.15) is 0 Å². The molecule has 1 aliphatic carbocycles. The Kier molecular flexibility index (Phi) is 6.30. The third-order valence-corrected chi connectivity index (χ3v) is 7.24. The molecule has 1 saturated heterocycles. The van der Waals surface area contributed by atoms with Gasteiger partial charge in [0.05, 0.1) is 15.6 Å². The first kappa shape index (κ1) is 22.8. The van der Waals surface area contributed by atoms with Crippen LogP contribution < -0.4 is 15.8 Å². The maximum absolute atomic E-state index is 13.2. The number of aromatic nitrogens is 1. The molecule has 2 fully saturated rings. The molecule has 1 aromatic heterocycles. The van der Waals surface area contributed by atoms with Gasteiger partial charge in [0.15, 0.2) is 5.13 Å². The highest BCUT2D eigenvalue weighted by Crippen LogP contribution is 2.40. The first-order valence-corrected chi connectivity index (χ1v) is 11.5. The van der Waals surface area contributed by atoms with Crippen molar-refractivity contribution in [1.29, 1.82) is 0 Å². The summed E-state index contributed by atoms with van der Waals surface area (Å²) in [6, 6.07) is 3.64. The molecule has 11 heteroatoms. The summed E-state index contributed by atoms with van der Waals surface area (Å²) in [5.41, 5.74) is 5.93. The molecule has 0 unspecified atom stereocenters. The van der Waals surface area contributed by atoms with E-state index in [1.54, 1.807) is 0 Å². The first-order chi connectivity index (χ1) is 15.2. The zero-order chi connectivity index (χ0) is 22.9. The molecule has 2 amide bonds. The van der Waals surface area contributed by atoms with E-state index in [9.17, 15) is 22.8 Å². The van der Waals surface area contributed by atoms with Crippen molar-refractivity contribution >= 4 is 38.5 Å². The van der Waals surface area contributed by atoms with E-state index in [0.29, 0.717) is 28.4 Å². The van der Waals surface area contributed by atoms with Crippen molar-refractivity contribution in [2.45, 2.75) is 57.3 Å². The Morgan fingerprint density at radius 2 is 2.03 bits per heavy atom. The summed E-state index contributed by atoms with van der Waals surface area (Å²) in [4.78, 5) is 31.9. The molecule has 32 heavy (non-hydrogen) atoms. The fourth-order valence-electron chi connectivity index (χ4n) is 4.72. The second-order valence-corrected chi connectivity index (χ2v) is 9.47. The lowest BCUT2D eigenvalue weighted by Crippen LogP contribution is -2.49. The lowest BCUT2D eigenvalue weighted by molar-refractivity contribution is -0.274. The van der Waals surface area contributed by atoms with Gasteiger partial charge >= 0.3 is 6.36 Å². The number of amides is 2. The molecule has 174 valence electrons. The van der Waals surface area contributed by atoms with Gasteiger partial charge in [-0.3, -0.25) is 9.59 Å². The molecule has 1 aromatic carbocycles. The minimum absolute atomic E-state index is 0.0602. The number of alkyl halides is 3. The van der Waals surface area contributed by atoms with Crippen LogP contribution in [0.5, 0.6) is 5.75 Å². The van der Waals surface area contributed by atoms with Crippen LogP contribution in [0.4, 0.5) is 18.3 Å². The Labute approximate surface area is 187 Å². The molecular weight excluding hydrogens is 445 g/mol. The third-order valence-electron chi connectivity index (χ3n) is 6.30. The Hall–Kier alpha value is -2.40. The van der Waals surface area contributed by atoms with Gasteiger partial charge < -0.3 is 20.7 Å². The number of hydrogen-bond acceptors (Lipinski definition) is 6. The second kappa shape index (κ2) is 8.86. The van der Waals surface area contributed by atoms with Crippen molar-refractivity contribution in [3.05, 3.63) is 18.2 Å². The molecule has 2 aliphatic rings. The minimum Gasteiger partial charge on any atom is -0.406 e. The largest absolute Gasteiger partial charge is 0.573 e. The van der Waals surface area contributed by atoms with Gasteiger partial charge in [0, 0.05) is 31.6 Å². The van der Waals surface area contributed by atoms with Gasteiger partial charge in [0.2, 0.25) is 11.8 Å². The van der Waals surface area contributed by atoms with Gasteiger partial charge in [-0.1, -0.05) is 24.2 Å². The number of thiazole rings is 1. The van der Waals surface area contributed by atoms with Crippen molar-refractivity contribution < 1.29 is 27.5 Å². The van der Waals surface area contributed by atoms with Crippen molar-refractivity contribution in [2.75, 3.05) is 18.4 Å². The van der Waals surface area contributed by atoms with Gasteiger partial charge in [-0.15, -0.1) is 13.2 Å². The molecule has 4 rings (SSSR count). The number of carbonyl (C=O) groups is 2. The molecule has 0 spiro atoms. The molecule has 7 nitrogen and oxygen atoms in total. The SMILES string of the molecule is NCC1(C(=O)N2CCC[C@@H]2CC(=O)Nc2nc3ccc(OC(F)(F)F)cc3s2)CCCC1. The Bertz CT molecular complexity index is 1000. The smallest absolute Gasteiger partial charge is 0.406 e. The molecule has 1 saturated carbocycles. The molecule has 0 radical (unpaired) electrons. The van der Waals surface area contributed by atoms with E-state index in [2.05, 4.69) is 15.0 Å². The molecule has 2 aromatic rings. The Morgan fingerprint density at radius 1 is 1.28 bits per heavy atom. The Morgan fingerprint density at radius 3 is 2.72 bits per heavy atom. The van der Waals surface area contributed by atoms with E-state index in [4.69, 9.17) is 5.73 Å². The number of nitrogens with two attached hydrogens (primary N) is 1. The van der Waals surface area contributed by atoms with Gasteiger partial charge in [-0.25, -0.2) is 4.98 Å². The zero-order valence-corrected chi connectivity index (χ0v) is 18.2.